The number of rotatable bonds is 6. The van der Waals surface area contributed by atoms with E-state index < -0.39 is 0 Å². The molecule has 1 N–H and O–H groups in total. The Bertz CT molecular complexity index is 977. The Morgan fingerprint density at radius 1 is 1.17 bits per heavy atom. The van der Waals surface area contributed by atoms with Crippen molar-refractivity contribution in [2.24, 2.45) is 0 Å². The van der Waals surface area contributed by atoms with Crippen LogP contribution < -0.4 is 0 Å². The van der Waals surface area contributed by atoms with Gasteiger partial charge in [0, 0.05) is 54.7 Å². The van der Waals surface area contributed by atoms with E-state index in [0.29, 0.717) is 6.42 Å². The van der Waals surface area contributed by atoms with E-state index >= 15 is 0 Å². The van der Waals surface area contributed by atoms with Gasteiger partial charge in [-0.05, 0) is 55.3 Å². The van der Waals surface area contributed by atoms with E-state index in [9.17, 15) is 4.79 Å². The average Bonchev–Trinajstić information content (AvgIpc) is 3.12. The van der Waals surface area contributed by atoms with E-state index in [-0.39, 0.29) is 5.91 Å². The number of aromatic nitrogens is 2. The molecule has 1 amide bonds. The van der Waals surface area contributed by atoms with Crippen LogP contribution >= 0.6 is 11.6 Å². The number of benzene rings is 1. The summed E-state index contributed by atoms with van der Waals surface area (Å²) in [6.45, 7) is 6.87. The number of pyridine rings is 1. The first-order chi connectivity index (χ1) is 14.2. The van der Waals surface area contributed by atoms with Crippen LogP contribution in [-0.4, -0.2) is 58.4 Å². The molecule has 4 rings (SSSR count). The van der Waals surface area contributed by atoms with E-state index in [4.69, 9.17) is 11.6 Å². The monoisotopic (exact) mass is 410 g/mol. The summed E-state index contributed by atoms with van der Waals surface area (Å²) in [5.41, 5.74) is 4.17. The third kappa shape index (κ3) is 4.46. The first-order valence-electron chi connectivity index (χ1n) is 10.4. The first kappa shape index (κ1) is 19.9. The van der Waals surface area contributed by atoms with Crippen molar-refractivity contribution in [3.05, 3.63) is 53.2 Å². The highest BCUT2D eigenvalue weighted by atomic mass is 35.5. The lowest BCUT2D eigenvalue weighted by molar-refractivity contribution is -0.133. The smallest absolute Gasteiger partial charge is 0.222 e. The quantitative estimate of drug-likeness (QED) is 0.656. The lowest BCUT2D eigenvalue weighted by Crippen LogP contribution is -2.48. The van der Waals surface area contributed by atoms with Gasteiger partial charge in [-0.25, -0.2) is 0 Å². The molecule has 1 aromatic carbocycles. The van der Waals surface area contributed by atoms with Crippen molar-refractivity contribution in [1.82, 2.24) is 19.8 Å². The maximum absolute atomic E-state index is 12.7. The second kappa shape index (κ2) is 8.97. The molecule has 0 spiro atoms. The van der Waals surface area contributed by atoms with E-state index in [2.05, 4.69) is 21.8 Å². The van der Waals surface area contributed by atoms with Gasteiger partial charge >= 0.3 is 0 Å². The number of fused-ring (bicyclic) bond motifs is 1. The molecular formula is C23H27ClN4O. The Morgan fingerprint density at radius 3 is 2.72 bits per heavy atom. The van der Waals surface area contributed by atoms with Crippen molar-refractivity contribution < 1.29 is 4.79 Å². The number of amides is 1. The molecule has 2 aromatic heterocycles. The number of nitrogens with zero attached hydrogens (tertiary/aromatic N) is 3. The fourth-order valence-corrected chi connectivity index (χ4v) is 4.27. The zero-order chi connectivity index (χ0) is 20.2. The first-order valence-corrected chi connectivity index (χ1v) is 10.7. The molecule has 152 valence electrons. The normalized spacial score (nSPS) is 15.2. The number of H-pyrrole nitrogens is 1. The van der Waals surface area contributed by atoms with Crippen LogP contribution in [0.25, 0.3) is 22.3 Å². The lowest BCUT2D eigenvalue weighted by atomic mass is 10.0. The molecular weight excluding hydrogens is 384 g/mol. The molecule has 29 heavy (non-hydrogen) atoms. The van der Waals surface area contributed by atoms with Gasteiger partial charge in [0.25, 0.3) is 0 Å². The SMILES string of the molecule is CCN1CCN(C(=O)CCCc2c(-c3ccccn3)[nH]c3ccc(Cl)cc23)CC1. The Balaban J connectivity index is 1.49. The van der Waals surface area contributed by atoms with Crippen molar-refractivity contribution in [1.29, 1.82) is 0 Å². The maximum Gasteiger partial charge on any atom is 0.222 e. The summed E-state index contributed by atoms with van der Waals surface area (Å²) in [6, 6.07) is 11.8. The summed E-state index contributed by atoms with van der Waals surface area (Å²) in [4.78, 5) is 25.1. The minimum atomic E-state index is 0.262. The van der Waals surface area contributed by atoms with Gasteiger partial charge in [-0.1, -0.05) is 24.6 Å². The average molecular weight is 411 g/mol. The summed E-state index contributed by atoms with van der Waals surface area (Å²) < 4.78 is 0. The fourth-order valence-electron chi connectivity index (χ4n) is 4.10. The number of likely N-dealkylation sites (N-methyl/N-ethyl adjacent to an activating group) is 1. The number of hydrogen-bond donors (Lipinski definition) is 1. The predicted octanol–water partition coefficient (Wildman–Crippen LogP) is 4.37. The molecule has 6 heteroatoms. The van der Waals surface area contributed by atoms with Crippen LogP contribution in [0.3, 0.4) is 0 Å². The highest BCUT2D eigenvalue weighted by Crippen LogP contribution is 2.32. The molecule has 3 aromatic rings. The summed E-state index contributed by atoms with van der Waals surface area (Å²) in [7, 11) is 0. The van der Waals surface area contributed by atoms with Gasteiger partial charge in [0.15, 0.2) is 0 Å². The second-order valence-electron chi connectivity index (χ2n) is 7.55. The molecule has 0 unspecified atom stereocenters. The number of aryl methyl sites for hydroxylation is 1. The number of halogens is 1. The molecule has 0 aliphatic carbocycles. The molecule has 3 heterocycles. The highest BCUT2D eigenvalue weighted by molar-refractivity contribution is 6.31. The number of hydrogen-bond acceptors (Lipinski definition) is 3. The van der Waals surface area contributed by atoms with Gasteiger partial charge in [0.05, 0.1) is 11.4 Å². The summed E-state index contributed by atoms with van der Waals surface area (Å²) in [5, 5.41) is 1.83. The number of nitrogens with one attached hydrogen (secondary N) is 1. The molecule has 1 aliphatic rings. The zero-order valence-electron chi connectivity index (χ0n) is 16.8. The van der Waals surface area contributed by atoms with Crippen LogP contribution in [0.4, 0.5) is 0 Å². The van der Waals surface area contributed by atoms with E-state index in [1.807, 2.05) is 41.3 Å². The van der Waals surface area contributed by atoms with Crippen molar-refractivity contribution >= 4 is 28.4 Å². The van der Waals surface area contributed by atoms with Crippen molar-refractivity contribution in [2.45, 2.75) is 26.2 Å². The number of carbonyl (C=O) groups is 1. The van der Waals surface area contributed by atoms with E-state index in [0.717, 1.165) is 72.9 Å². The Kier molecular flexibility index (Phi) is 6.16. The van der Waals surface area contributed by atoms with E-state index in [1.54, 1.807) is 6.20 Å². The third-order valence-electron chi connectivity index (χ3n) is 5.78. The number of piperazine rings is 1. The van der Waals surface area contributed by atoms with Crippen LogP contribution in [0, 0.1) is 0 Å². The van der Waals surface area contributed by atoms with Gasteiger partial charge in [0.2, 0.25) is 5.91 Å². The van der Waals surface area contributed by atoms with E-state index in [1.165, 1.54) is 5.56 Å². The van der Waals surface area contributed by atoms with Crippen LogP contribution in [0.2, 0.25) is 5.02 Å². The zero-order valence-corrected chi connectivity index (χ0v) is 17.6. The van der Waals surface area contributed by atoms with Crippen LogP contribution in [0.5, 0.6) is 0 Å². The molecule has 1 aliphatic heterocycles. The third-order valence-corrected chi connectivity index (χ3v) is 6.01. The maximum atomic E-state index is 12.7. The van der Waals surface area contributed by atoms with Crippen molar-refractivity contribution in [3.63, 3.8) is 0 Å². The Labute approximate surface area is 176 Å². The van der Waals surface area contributed by atoms with Crippen LogP contribution in [0.1, 0.15) is 25.3 Å². The molecule has 1 saturated heterocycles. The van der Waals surface area contributed by atoms with Gasteiger partial charge in [-0.2, -0.15) is 0 Å². The second-order valence-corrected chi connectivity index (χ2v) is 7.99. The molecule has 0 saturated carbocycles. The Morgan fingerprint density at radius 2 is 2.00 bits per heavy atom. The molecule has 1 fully saturated rings. The molecule has 0 radical (unpaired) electrons. The van der Waals surface area contributed by atoms with Gasteiger partial charge in [-0.15, -0.1) is 0 Å². The predicted molar refractivity (Wildman–Crippen MR) is 118 cm³/mol. The standard InChI is InChI=1S/C23H27ClN4O/c1-2-27-12-14-28(15-13-27)22(29)8-5-6-18-19-16-17(24)9-10-20(19)26-23(18)21-7-3-4-11-25-21/h3-4,7,9-11,16,26H,2,5-6,8,12-15H2,1H3. The minimum Gasteiger partial charge on any atom is -0.353 e. The fraction of sp³-hybridized carbons (Fsp3) is 0.391. The summed E-state index contributed by atoms with van der Waals surface area (Å²) >= 11 is 6.26. The number of aromatic amines is 1. The number of carbonyl (C=O) groups excluding carboxylic acids is 1. The highest BCUT2D eigenvalue weighted by Gasteiger charge is 2.20. The summed E-state index contributed by atoms with van der Waals surface area (Å²) in [6.07, 6.45) is 4.00. The largest absolute Gasteiger partial charge is 0.353 e. The van der Waals surface area contributed by atoms with Crippen LogP contribution in [0.15, 0.2) is 42.6 Å². The van der Waals surface area contributed by atoms with Crippen molar-refractivity contribution in [2.75, 3.05) is 32.7 Å². The molecule has 0 bridgehead atoms. The molecule has 5 nitrogen and oxygen atoms in total. The van der Waals surface area contributed by atoms with Crippen molar-refractivity contribution in [3.8, 4) is 11.4 Å². The van der Waals surface area contributed by atoms with Crippen LogP contribution in [-0.2, 0) is 11.2 Å². The van der Waals surface area contributed by atoms with Gasteiger partial charge < -0.3 is 14.8 Å². The summed E-state index contributed by atoms with van der Waals surface area (Å²) in [5.74, 6) is 0.262. The Hall–Kier alpha value is -2.37. The molecule has 0 atom stereocenters. The van der Waals surface area contributed by atoms with Gasteiger partial charge in [0.1, 0.15) is 0 Å². The minimum absolute atomic E-state index is 0.262. The lowest BCUT2D eigenvalue weighted by Gasteiger charge is -2.34. The van der Waals surface area contributed by atoms with Gasteiger partial charge in [-0.3, -0.25) is 9.78 Å². The topological polar surface area (TPSA) is 52.2 Å².